The van der Waals surface area contributed by atoms with Crippen molar-refractivity contribution in [3.05, 3.63) is 70.6 Å². The summed E-state index contributed by atoms with van der Waals surface area (Å²) in [6, 6.07) is 17.8. The van der Waals surface area contributed by atoms with Gasteiger partial charge in [-0.05, 0) is 88.4 Å². The van der Waals surface area contributed by atoms with E-state index in [4.69, 9.17) is 9.47 Å². The topological polar surface area (TPSA) is 100 Å². The Balaban J connectivity index is 1.25. The zero-order chi connectivity index (χ0) is 33.4. The van der Waals surface area contributed by atoms with Crippen molar-refractivity contribution < 1.29 is 23.9 Å². The second-order valence-corrected chi connectivity index (χ2v) is 15.0. The van der Waals surface area contributed by atoms with Crippen molar-refractivity contribution in [2.45, 2.75) is 96.2 Å². The molecule has 5 rings (SSSR count). The van der Waals surface area contributed by atoms with Crippen LogP contribution < -0.4 is 10.6 Å². The van der Waals surface area contributed by atoms with Crippen LogP contribution in [0.25, 0.3) is 10.1 Å². The van der Waals surface area contributed by atoms with Gasteiger partial charge in [0.2, 0.25) is 5.91 Å². The maximum absolute atomic E-state index is 14.1. The van der Waals surface area contributed by atoms with Crippen LogP contribution in [-0.4, -0.2) is 78.0 Å². The fourth-order valence-electron chi connectivity index (χ4n) is 6.45. The van der Waals surface area contributed by atoms with Gasteiger partial charge in [-0.3, -0.25) is 9.59 Å². The van der Waals surface area contributed by atoms with E-state index in [2.05, 4.69) is 21.7 Å². The molecular formula is C37H50N4O5S. The lowest BCUT2D eigenvalue weighted by Crippen LogP contribution is -2.59. The molecule has 1 aliphatic heterocycles. The molecule has 1 saturated heterocycles. The van der Waals surface area contributed by atoms with Gasteiger partial charge in [-0.25, -0.2) is 14.8 Å². The van der Waals surface area contributed by atoms with E-state index in [0.29, 0.717) is 37.3 Å². The fourth-order valence-corrected chi connectivity index (χ4v) is 7.50. The number of rotatable bonds is 12. The van der Waals surface area contributed by atoms with Gasteiger partial charge in [0, 0.05) is 17.8 Å². The molecule has 1 aliphatic carbocycles. The summed E-state index contributed by atoms with van der Waals surface area (Å²) in [4.78, 5) is 41.3. The summed E-state index contributed by atoms with van der Waals surface area (Å²) in [6.07, 6.45) is 6.35. The number of fused-ring (bicyclic) bond motifs is 1. The van der Waals surface area contributed by atoms with Gasteiger partial charge in [0.15, 0.2) is 0 Å². The molecule has 1 atom stereocenters. The van der Waals surface area contributed by atoms with E-state index in [-0.39, 0.29) is 30.6 Å². The highest BCUT2D eigenvalue weighted by atomic mass is 32.1. The lowest BCUT2D eigenvalue weighted by Gasteiger charge is -2.38. The van der Waals surface area contributed by atoms with E-state index in [1.165, 1.54) is 11.3 Å². The summed E-state index contributed by atoms with van der Waals surface area (Å²) in [5.74, 6) is -0.384. The molecule has 2 heterocycles. The first-order chi connectivity index (χ1) is 22.5. The number of carbonyl (C=O) groups excluding carboxylic acids is 3. The van der Waals surface area contributed by atoms with Crippen molar-refractivity contribution in [3.63, 3.8) is 0 Å². The number of nitrogens with one attached hydrogen (secondary N) is 2. The maximum Gasteiger partial charge on any atom is 0.425 e. The molecule has 3 aromatic rings. The standard InChI is InChI=1S/C37H50N4O5S/c1-27-15-16-29-25-32(47-31(29)23-27)33(42)39-37(17-9-10-18-37)34(43)38-30(24-28-13-7-5-8-14-28)26-45-22-21-41(35(44)46-36(2,3)4)40-19-11-6-12-20-40/h5,7-8,13-16,23,25,30H,6,9-12,17-22,24,26H2,1-4H3,(H,38,43)(H,39,42). The summed E-state index contributed by atoms with van der Waals surface area (Å²) >= 11 is 1.46. The van der Waals surface area contributed by atoms with Crippen LogP contribution in [-0.2, 0) is 20.7 Å². The monoisotopic (exact) mass is 662 g/mol. The molecular weight excluding hydrogens is 612 g/mol. The Hall–Kier alpha value is -3.47. The smallest absolute Gasteiger partial charge is 0.425 e. The number of nitrogens with zero attached hydrogens (tertiary/aromatic N) is 2. The number of hydrogen-bond acceptors (Lipinski definition) is 7. The third-order valence-corrected chi connectivity index (χ3v) is 9.95. The molecule has 2 fully saturated rings. The minimum Gasteiger partial charge on any atom is -0.443 e. The van der Waals surface area contributed by atoms with Crippen LogP contribution in [0.2, 0.25) is 0 Å². The zero-order valence-corrected chi connectivity index (χ0v) is 29.1. The second-order valence-electron chi connectivity index (χ2n) is 13.9. The molecule has 9 nitrogen and oxygen atoms in total. The molecule has 47 heavy (non-hydrogen) atoms. The lowest BCUT2D eigenvalue weighted by atomic mass is 9.94. The van der Waals surface area contributed by atoms with Crippen LogP contribution in [0.15, 0.2) is 54.6 Å². The van der Waals surface area contributed by atoms with Gasteiger partial charge in [-0.1, -0.05) is 61.7 Å². The van der Waals surface area contributed by atoms with Gasteiger partial charge in [0.1, 0.15) is 11.1 Å². The lowest BCUT2D eigenvalue weighted by molar-refractivity contribution is -0.128. The molecule has 10 heteroatoms. The number of carbonyl (C=O) groups is 3. The largest absolute Gasteiger partial charge is 0.443 e. The quantitative estimate of drug-likeness (QED) is 0.211. The van der Waals surface area contributed by atoms with Crippen molar-refractivity contribution >= 4 is 39.3 Å². The summed E-state index contributed by atoms with van der Waals surface area (Å²) < 4.78 is 13.0. The molecule has 0 bridgehead atoms. The van der Waals surface area contributed by atoms with Crippen molar-refractivity contribution in [2.24, 2.45) is 0 Å². The number of hydrazine groups is 1. The first-order valence-corrected chi connectivity index (χ1v) is 17.8. The molecule has 2 aromatic carbocycles. The molecule has 2 aliphatic rings. The first-order valence-electron chi connectivity index (χ1n) is 17.0. The van der Waals surface area contributed by atoms with E-state index in [9.17, 15) is 14.4 Å². The van der Waals surface area contributed by atoms with Gasteiger partial charge in [-0.15, -0.1) is 11.3 Å². The molecule has 0 spiro atoms. The molecule has 1 saturated carbocycles. The minimum absolute atomic E-state index is 0.173. The number of hydrogen-bond donors (Lipinski definition) is 2. The van der Waals surface area contributed by atoms with Crippen molar-refractivity contribution in [3.8, 4) is 0 Å². The summed E-state index contributed by atoms with van der Waals surface area (Å²) in [7, 11) is 0. The predicted octanol–water partition coefficient (Wildman–Crippen LogP) is 6.63. The second kappa shape index (κ2) is 15.6. The van der Waals surface area contributed by atoms with Gasteiger partial charge >= 0.3 is 6.09 Å². The van der Waals surface area contributed by atoms with E-state index >= 15 is 0 Å². The SMILES string of the molecule is Cc1ccc2cc(C(=O)NC3(C(=O)NC(COCCN(C(=O)OC(C)(C)C)N4CCCCC4)Cc4ccccc4)CCCC3)sc2c1. The van der Waals surface area contributed by atoms with Gasteiger partial charge in [0.25, 0.3) is 5.91 Å². The molecule has 1 aromatic heterocycles. The highest BCUT2D eigenvalue weighted by molar-refractivity contribution is 7.20. The van der Waals surface area contributed by atoms with Crippen molar-refractivity contribution in [1.82, 2.24) is 20.7 Å². The number of ether oxygens (including phenoxy) is 2. The highest BCUT2D eigenvalue weighted by Gasteiger charge is 2.43. The molecule has 254 valence electrons. The Morgan fingerprint density at radius 1 is 0.979 bits per heavy atom. The average molecular weight is 663 g/mol. The molecule has 3 amide bonds. The van der Waals surface area contributed by atoms with Crippen molar-refractivity contribution in [2.75, 3.05) is 32.8 Å². The Kier molecular flexibility index (Phi) is 11.6. The van der Waals surface area contributed by atoms with Crippen LogP contribution in [0.5, 0.6) is 0 Å². The number of benzene rings is 2. The summed E-state index contributed by atoms with van der Waals surface area (Å²) in [6.45, 7) is 10.2. The van der Waals surface area contributed by atoms with Gasteiger partial charge < -0.3 is 20.1 Å². The van der Waals surface area contributed by atoms with E-state index in [1.807, 2.05) is 76.2 Å². The average Bonchev–Trinajstić information content (AvgIpc) is 3.69. The Morgan fingerprint density at radius 2 is 1.70 bits per heavy atom. The van der Waals surface area contributed by atoms with Crippen LogP contribution in [0, 0.1) is 6.92 Å². The van der Waals surface area contributed by atoms with E-state index in [1.54, 1.807) is 5.01 Å². The third kappa shape index (κ3) is 9.55. The highest BCUT2D eigenvalue weighted by Crippen LogP contribution is 2.32. The summed E-state index contributed by atoms with van der Waals surface area (Å²) in [5.41, 5.74) is 0.655. The third-order valence-electron chi connectivity index (χ3n) is 8.85. The Morgan fingerprint density at radius 3 is 2.40 bits per heavy atom. The number of aryl methyl sites for hydroxylation is 1. The van der Waals surface area contributed by atoms with Crippen LogP contribution in [0.1, 0.15) is 86.5 Å². The molecule has 0 radical (unpaired) electrons. The molecule has 1 unspecified atom stereocenters. The fraction of sp³-hybridized carbons (Fsp3) is 0.541. The maximum atomic E-state index is 14.1. The first kappa shape index (κ1) is 34.9. The minimum atomic E-state index is -0.972. The Bertz CT molecular complexity index is 1510. The number of amides is 3. The van der Waals surface area contributed by atoms with Crippen molar-refractivity contribution in [1.29, 1.82) is 0 Å². The van der Waals surface area contributed by atoms with Crippen LogP contribution >= 0.6 is 11.3 Å². The normalized spacial score (nSPS) is 17.3. The van der Waals surface area contributed by atoms with Gasteiger partial charge in [-0.2, -0.15) is 0 Å². The van der Waals surface area contributed by atoms with Gasteiger partial charge in [0.05, 0.1) is 30.7 Å². The number of thiophene rings is 1. The predicted molar refractivity (Wildman–Crippen MR) is 186 cm³/mol. The summed E-state index contributed by atoms with van der Waals surface area (Å²) in [5, 5.41) is 11.2. The zero-order valence-electron chi connectivity index (χ0n) is 28.3. The van der Waals surface area contributed by atoms with Crippen LogP contribution in [0.3, 0.4) is 0 Å². The van der Waals surface area contributed by atoms with E-state index < -0.39 is 11.1 Å². The number of piperidine rings is 1. The van der Waals surface area contributed by atoms with E-state index in [0.717, 1.165) is 66.4 Å². The Labute approximate surface area is 282 Å². The van der Waals surface area contributed by atoms with Crippen LogP contribution in [0.4, 0.5) is 4.79 Å². The molecule has 2 N–H and O–H groups in total.